The fourth-order valence-corrected chi connectivity index (χ4v) is 3.42. The van der Waals surface area contributed by atoms with Gasteiger partial charge in [0.1, 0.15) is 5.82 Å². The average molecular weight is 391 g/mol. The molecule has 0 atom stereocenters. The number of rotatable bonds is 5. The fraction of sp³-hybridized carbons (Fsp3) is 0.474. The lowest BCUT2D eigenvalue weighted by Crippen LogP contribution is -2.38. The second-order valence-corrected chi connectivity index (χ2v) is 7.08. The van der Waals surface area contributed by atoms with Gasteiger partial charge >= 0.3 is 0 Å². The number of ether oxygens (including phenoxy) is 1. The number of aryl methyl sites for hydroxylation is 1. The summed E-state index contributed by atoms with van der Waals surface area (Å²) in [7, 11) is 5.81. The van der Waals surface area contributed by atoms with E-state index in [2.05, 4.69) is 31.2 Å². The minimum Gasteiger partial charge on any atom is -0.378 e. The van der Waals surface area contributed by atoms with Crippen LogP contribution >= 0.6 is 11.6 Å². The Labute approximate surface area is 165 Å². The molecule has 0 aliphatic carbocycles. The Morgan fingerprint density at radius 3 is 2.81 bits per heavy atom. The van der Waals surface area contributed by atoms with E-state index in [1.807, 2.05) is 43.2 Å². The van der Waals surface area contributed by atoms with E-state index in [0.717, 1.165) is 55.3 Å². The van der Waals surface area contributed by atoms with E-state index in [0.29, 0.717) is 6.54 Å². The molecule has 0 saturated carbocycles. The second-order valence-electron chi connectivity index (χ2n) is 6.64. The lowest BCUT2D eigenvalue weighted by molar-refractivity contribution is 0.122. The first-order valence-electron chi connectivity index (χ1n) is 9.07. The number of guanidine groups is 1. The number of hydrogen-bond donors (Lipinski definition) is 1. The highest BCUT2D eigenvalue weighted by atomic mass is 35.5. The van der Waals surface area contributed by atoms with Crippen LogP contribution in [-0.4, -0.2) is 60.8 Å². The maximum Gasteiger partial charge on any atom is 0.194 e. The van der Waals surface area contributed by atoms with Crippen LogP contribution in [0.5, 0.6) is 0 Å². The van der Waals surface area contributed by atoms with Crippen molar-refractivity contribution in [3.05, 3.63) is 46.9 Å². The molecule has 0 bridgehead atoms. The Balaban J connectivity index is 1.59. The molecule has 27 heavy (non-hydrogen) atoms. The minimum absolute atomic E-state index is 0.685. The molecule has 1 aliphatic heterocycles. The molecule has 1 aliphatic rings. The molecule has 8 heteroatoms. The second kappa shape index (κ2) is 9.10. The van der Waals surface area contributed by atoms with Crippen molar-refractivity contribution in [2.24, 2.45) is 12.0 Å². The van der Waals surface area contributed by atoms with Gasteiger partial charge in [-0.15, -0.1) is 0 Å². The van der Waals surface area contributed by atoms with Gasteiger partial charge in [-0.05, 0) is 23.8 Å². The monoisotopic (exact) mass is 390 g/mol. The molecular weight excluding hydrogens is 364 g/mol. The molecule has 3 rings (SSSR count). The van der Waals surface area contributed by atoms with E-state index in [1.54, 1.807) is 7.05 Å². The van der Waals surface area contributed by atoms with E-state index >= 15 is 0 Å². The number of aliphatic imine (C=N–C) groups is 1. The summed E-state index contributed by atoms with van der Waals surface area (Å²) in [5, 5.41) is 4.17. The molecule has 0 unspecified atom stereocenters. The Kier molecular flexibility index (Phi) is 6.58. The van der Waals surface area contributed by atoms with Crippen molar-refractivity contribution in [3.63, 3.8) is 0 Å². The zero-order valence-electron chi connectivity index (χ0n) is 16.2. The zero-order chi connectivity index (χ0) is 19.2. The number of nitrogens with one attached hydrogen (secondary N) is 1. The first-order valence-corrected chi connectivity index (χ1v) is 9.45. The van der Waals surface area contributed by atoms with Crippen molar-refractivity contribution in [3.8, 4) is 0 Å². The number of pyridine rings is 1. The highest BCUT2D eigenvalue weighted by Gasteiger charge is 2.13. The molecule has 7 nitrogen and oxygen atoms in total. The number of nitrogens with zero attached hydrogens (tertiary/aromatic N) is 5. The van der Waals surface area contributed by atoms with E-state index in [1.165, 1.54) is 5.56 Å². The van der Waals surface area contributed by atoms with Gasteiger partial charge < -0.3 is 24.4 Å². The van der Waals surface area contributed by atoms with Crippen LogP contribution in [0.4, 0.5) is 5.82 Å². The zero-order valence-corrected chi connectivity index (χ0v) is 16.9. The first-order chi connectivity index (χ1) is 13.1. The van der Waals surface area contributed by atoms with Gasteiger partial charge in [-0.2, -0.15) is 0 Å². The number of morpholine rings is 1. The molecule has 146 valence electrons. The Morgan fingerprint density at radius 2 is 2.15 bits per heavy atom. The lowest BCUT2D eigenvalue weighted by atomic mass is 10.2. The summed E-state index contributed by atoms with van der Waals surface area (Å²) in [4.78, 5) is 13.2. The Bertz CT molecular complexity index is 784. The third-order valence-electron chi connectivity index (χ3n) is 4.64. The van der Waals surface area contributed by atoms with Gasteiger partial charge in [-0.25, -0.2) is 4.98 Å². The topological polar surface area (TPSA) is 57.9 Å². The molecule has 0 amide bonds. The smallest absolute Gasteiger partial charge is 0.194 e. The third kappa shape index (κ3) is 5.14. The number of halogens is 1. The van der Waals surface area contributed by atoms with Gasteiger partial charge in [0.25, 0.3) is 0 Å². The van der Waals surface area contributed by atoms with Crippen LogP contribution in [0.1, 0.15) is 11.3 Å². The molecule has 0 spiro atoms. The summed E-state index contributed by atoms with van der Waals surface area (Å²) in [5.41, 5.74) is 2.30. The molecule has 0 radical (unpaired) electrons. The normalized spacial score (nSPS) is 15.1. The molecule has 0 aromatic carbocycles. The minimum atomic E-state index is 0.685. The predicted octanol–water partition coefficient (Wildman–Crippen LogP) is 2.12. The van der Waals surface area contributed by atoms with Crippen LogP contribution in [0.25, 0.3) is 0 Å². The highest BCUT2D eigenvalue weighted by Crippen LogP contribution is 2.15. The van der Waals surface area contributed by atoms with Crippen LogP contribution in [-0.2, 0) is 24.9 Å². The van der Waals surface area contributed by atoms with Gasteiger partial charge in [0.2, 0.25) is 0 Å². The largest absolute Gasteiger partial charge is 0.378 e. The van der Waals surface area contributed by atoms with Crippen molar-refractivity contribution in [1.29, 1.82) is 0 Å². The SMILES string of the molecule is CN=C(NCc1ccnc(N2CCOCC2)c1)N(C)Cc1cc(Cl)cn1C. The molecule has 2 aromatic rings. The molecular formula is C19H27ClN6O. The quantitative estimate of drug-likeness (QED) is 0.626. The molecule has 1 saturated heterocycles. The summed E-state index contributed by atoms with van der Waals surface area (Å²) in [5.74, 6) is 1.83. The number of hydrogen-bond acceptors (Lipinski definition) is 4. The van der Waals surface area contributed by atoms with E-state index in [-0.39, 0.29) is 0 Å². The van der Waals surface area contributed by atoms with Crippen molar-refractivity contribution in [2.75, 3.05) is 45.3 Å². The van der Waals surface area contributed by atoms with Crippen molar-refractivity contribution in [2.45, 2.75) is 13.1 Å². The van der Waals surface area contributed by atoms with Crippen LogP contribution in [0.3, 0.4) is 0 Å². The third-order valence-corrected chi connectivity index (χ3v) is 4.85. The van der Waals surface area contributed by atoms with Crippen molar-refractivity contribution >= 4 is 23.4 Å². The summed E-state index contributed by atoms with van der Waals surface area (Å²) in [6.45, 7) is 4.68. The summed E-state index contributed by atoms with van der Waals surface area (Å²) in [6.07, 6.45) is 3.77. The maximum absolute atomic E-state index is 6.08. The fourth-order valence-electron chi connectivity index (χ4n) is 3.14. The van der Waals surface area contributed by atoms with Crippen LogP contribution in [0.2, 0.25) is 5.02 Å². The standard InChI is InChI=1S/C19H27ClN6O/c1-21-19(25(3)14-17-11-16(20)13-24(17)2)23-12-15-4-5-22-18(10-15)26-6-8-27-9-7-26/h4-5,10-11,13H,6-9,12,14H2,1-3H3,(H,21,23). The molecule has 1 N–H and O–H groups in total. The highest BCUT2D eigenvalue weighted by molar-refractivity contribution is 6.30. The van der Waals surface area contributed by atoms with Gasteiger partial charge in [-0.1, -0.05) is 11.6 Å². The molecule has 3 heterocycles. The van der Waals surface area contributed by atoms with Crippen molar-refractivity contribution < 1.29 is 4.74 Å². The van der Waals surface area contributed by atoms with Crippen LogP contribution in [0, 0.1) is 0 Å². The van der Waals surface area contributed by atoms with Crippen LogP contribution < -0.4 is 10.2 Å². The lowest BCUT2D eigenvalue weighted by Gasteiger charge is -2.28. The van der Waals surface area contributed by atoms with E-state index in [9.17, 15) is 0 Å². The van der Waals surface area contributed by atoms with E-state index < -0.39 is 0 Å². The average Bonchev–Trinajstić information content (AvgIpc) is 3.00. The number of aromatic nitrogens is 2. The Morgan fingerprint density at radius 1 is 1.37 bits per heavy atom. The van der Waals surface area contributed by atoms with Gasteiger partial charge in [0.05, 0.1) is 24.8 Å². The number of anilines is 1. The Hall–Kier alpha value is -2.25. The van der Waals surface area contributed by atoms with Gasteiger partial charge in [0, 0.05) is 58.9 Å². The molecule has 1 fully saturated rings. The maximum atomic E-state index is 6.08. The predicted molar refractivity (Wildman–Crippen MR) is 109 cm³/mol. The summed E-state index contributed by atoms with van der Waals surface area (Å²) >= 11 is 6.08. The van der Waals surface area contributed by atoms with Crippen LogP contribution in [0.15, 0.2) is 35.6 Å². The first kappa shape index (κ1) is 19.5. The van der Waals surface area contributed by atoms with Gasteiger partial charge in [0.15, 0.2) is 5.96 Å². The van der Waals surface area contributed by atoms with Crippen molar-refractivity contribution in [1.82, 2.24) is 19.8 Å². The van der Waals surface area contributed by atoms with Gasteiger partial charge in [-0.3, -0.25) is 4.99 Å². The van der Waals surface area contributed by atoms with E-state index in [4.69, 9.17) is 16.3 Å². The summed E-state index contributed by atoms with van der Waals surface area (Å²) in [6, 6.07) is 6.13. The molecule has 2 aromatic heterocycles. The summed E-state index contributed by atoms with van der Waals surface area (Å²) < 4.78 is 7.45.